The second kappa shape index (κ2) is 5.71. The SMILES string of the molecule is CCC(CO)Nc1c(Cl)cnn(CC2CC2)c1=O. The first-order chi connectivity index (χ1) is 8.65. The van der Waals surface area contributed by atoms with Crippen molar-refractivity contribution in [2.75, 3.05) is 11.9 Å². The number of nitrogens with one attached hydrogen (secondary N) is 1. The normalized spacial score (nSPS) is 16.6. The number of hydrogen-bond acceptors (Lipinski definition) is 4. The van der Waals surface area contributed by atoms with Crippen molar-refractivity contribution in [1.82, 2.24) is 9.78 Å². The summed E-state index contributed by atoms with van der Waals surface area (Å²) in [5, 5.41) is 16.5. The van der Waals surface area contributed by atoms with Crippen LogP contribution in [0.3, 0.4) is 0 Å². The first-order valence-corrected chi connectivity index (χ1v) is 6.66. The lowest BCUT2D eigenvalue weighted by atomic mass is 10.2. The third-order valence-electron chi connectivity index (χ3n) is 3.19. The molecule has 100 valence electrons. The van der Waals surface area contributed by atoms with Gasteiger partial charge in [0, 0.05) is 12.6 Å². The number of halogens is 1. The fourth-order valence-corrected chi connectivity index (χ4v) is 1.93. The second-order valence-corrected chi connectivity index (χ2v) is 5.14. The lowest BCUT2D eigenvalue weighted by Gasteiger charge is -2.16. The van der Waals surface area contributed by atoms with E-state index >= 15 is 0 Å². The van der Waals surface area contributed by atoms with E-state index in [1.54, 1.807) is 0 Å². The average Bonchev–Trinajstić information content (AvgIpc) is 3.17. The van der Waals surface area contributed by atoms with E-state index in [0.29, 0.717) is 23.2 Å². The summed E-state index contributed by atoms with van der Waals surface area (Å²) in [5.74, 6) is 0.573. The van der Waals surface area contributed by atoms with Crippen molar-refractivity contribution < 1.29 is 5.11 Å². The quantitative estimate of drug-likeness (QED) is 0.823. The molecule has 1 unspecified atom stereocenters. The molecule has 1 heterocycles. The van der Waals surface area contributed by atoms with E-state index in [1.807, 2.05) is 6.92 Å². The molecule has 1 atom stereocenters. The molecule has 1 fully saturated rings. The molecule has 0 saturated heterocycles. The topological polar surface area (TPSA) is 67.2 Å². The van der Waals surface area contributed by atoms with E-state index < -0.39 is 0 Å². The number of anilines is 1. The second-order valence-electron chi connectivity index (χ2n) is 4.73. The summed E-state index contributed by atoms with van der Waals surface area (Å²) in [6, 6.07) is -0.160. The van der Waals surface area contributed by atoms with Crippen LogP contribution in [0.4, 0.5) is 5.69 Å². The lowest BCUT2D eigenvalue weighted by molar-refractivity contribution is 0.271. The Kier molecular flexibility index (Phi) is 4.24. The molecule has 0 spiro atoms. The van der Waals surface area contributed by atoms with Crippen LogP contribution in [-0.4, -0.2) is 27.5 Å². The van der Waals surface area contributed by atoms with Gasteiger partial charge in [0.05, 0.1) is 17.8 Å². The summed E-state index contributed by atoms with van der Waals surface area (Å²) in [7, 11) is 0. The minimum atomic E-state index is -0.207. The van der Waals surface area contributed by atoms with Crippen molar-refractivity contribution in [2.24, 2.45) is 5.92 Å². The molecule has 6 heteroatoms. The van der Waals surface area contributed by atoms with E-state index in [4.69, 9.17) is 16.7 Å². The Balaban J connectivity index is 2.23. The lowest BCUT2D eigenvalue weighted by Crippen LogP contribution is -2.31. The summed E-state index contributed by atoms with van der Waals surface area (Å²) in [6.07, 6.45) is 4.52. The van der Waals surface area contributed by atoms with Gasteiger partial charge < -0.3 is 10.4 Å². The standard InChI is InChI=1S/C12H18ClN3O2/c1-2-9(7-17)15-11-10(13)5-14-16(12(11)18)6-8-3-4-8/h5,8-9,15,17H,2-4,6-7H2,1H3. The monoisotopic (exact) mass is 271 g/mol. The summed E-state index contributed by atoms with van der Waals surface area (Å²) >= 11 is 5.99. The fraction of sp³-hybridized carbons (Fsp3) is 0.667. The minimum absolute atomic E-state index is 0.0305. The number of hydrogen-bond donors (Lipinski definition) is 2. The van der Waals surface area contributed by atoms with Crippen LogP contribution < -0.4 is 10.9 Å². The highest BCUT2D eigenvalue weighted by Crippen LogP contribution is 2.30. The molecule has 5 nitrogen and oxygen atoms in total. The predicted molar refractivity (Wildman–Crippen MR) is 71.0 cm³/mol. The Morgan fingerprint density at radius 2 is 2.39 bits per heavy atom. The number of aliphatic hydroxyl groups excluding tert-OH is 1. The molecule has 1 aromatic heterocycles. The van der Waals surface area contributed by atoms with Crippen molar-refractivity contribution in [3.63, 3.8) is 0 Å². The van der Waals surface area contributed by atoms with Crippen LogP contribution in [0.2, 0.25) is 5.02 Å². The van der Waals surface area contributed by atoms with Crippen LogP contribution in [0.25, 0.3) is 0 Å². The smallest absolute Gasteiger partial charge is 0.291 e. The number of nitrogens with zero attached hydrogens (tertiary/aromatic N) is 2. The third-order valence-corrected chi connectivity index (χ3v) is 3.47. The van der Waals surface area contributed by atoms with Gasteiger partial charge >= 0.3 is 0 Å². The number of aliphatic hydroxyl groups is 1. The Labute approximate surface area is 111 Å². The Morgan fingerprint density at radius 3 is 2.94 bits per heavy atom. The summed E-state index contributed by atoms with van der Waals surface area (Å²) in [6.45, 7) is 2.56. The largest absolute Gasteiger partial charge is 0.394 e. The van der Waals surface area contributed by atoms with E-state index in [9.17, 15) is 4.79 Å². The van der Waals surface area contributed by atoms with Crippen LogP contribution in [0, 0.1) is 5.92 Å². The van der Waals surface area contributed by atoms with Gasteiger partial charge in [-0.3, -0.25) is 4.79 Å². The highest BCUT2D eigenvalue weighted by molar-refractivity contribution is 6.33. The molecule has 0 amide bonds. The molecule has 2 rings (SSSR count). The van der Waals surface area contributed by atoms with Gasteiger partial charge in [-0.1, -0.05) is 18.5 Å². The maximum Gasteiger partial charge on any atom is 0.291 e. The van der Waals surface area contributed by atoms with Crippen molar-refractivity contribution >= 4 is 17.3 Å². The van der Waals surface area contributed by atoms with Gasteiger partial charge in [-0.2, -0.15) is 5.10 Å². The maximum absolute atomic E-state index is 12.2. The van der Waals surface area contributed by atoms with Crippen molar-refractivity contribution in [3.05, 3.63) is 21.6 Å². The van der Waals surface area contributed by atoms with E-state index in [1.165, 1.54) is 10.9 Å². The molecule has 2 N–H and O–H groups in total. The molecule has 0 bridgehead atoms. The highest BCUT2D eigenvalue weighted by atomic mass is 35.5. The molecule has 18 heavy (non-hydrogen) atoms. The van der Waals surface area contributed by atoms with Crippen LogP contribution in [0.5, 0.6) is 0 Å². The zero-order chi connectivity index (χ0) is 13.1. The van der Waals surface area contributed by atoms with E-state index in [0.717, 1.165) is 19.3 Å². The molecule has 0 radical (unpaired) electrons. The van der Waals surface area contributed by atoms with Gasteiger partial charge in [0.1, 0.15) is 5.69 Å². The zero-order valence-electron chi connectivity index (χ0n) is 10.4. The van der Waals surface area contributed by atoms with Gasteiger partial charge in [-0.05, 0) is 25.2 Å². The average molecular weight is 272 g/mol. The third kappa shape index (κ3) is 3.03. The van der Waals surface area contributed by atoms with Crippen LogP contribution in [0.15, 0.2) is 11.0 Å². The van der Waals surface area contributed by atoms with Crippen LogP contribution in [0.1, 0.15) is 26.2 Å². The molecule has 1 aliphatic carbocycles. The summed E-state index contributed by atoms with van der Waals surface area (Å²) in [4.78, 5) is 12.2. The molecule has 1 saturated carbocycles. The highest BCUT2D eigenvalue weighted by Gasteiger charge is 2.23. The molecule has 0 aliphatic heterocycles. The molecule has 0 aromatic carbocycles. The van der Waals surface area contributed by atoms with Crippen molar-refractivity contribution in [2.45, 2.75) is 38.8 Å². The Bertz CT molecular complexity index is 467. The maximum atomic E-state index is 12.2. The zero-order valence-corrected chi connectivity index (χ0v) is 11.2. The molecule has 1 aromatic rings. The molecular weight excluding hydrogens is 254 g/mol. The van der Waals surface area contributed by atoms with Crippen LogP contribution >= 0.6 is 11.6 Å². The number of rotatable bonds is 6. The van der Waals surface area contributed by atoms with E-state index in [-0.39, 0.29) is 18.2 Å². The van der Waals surface area contributed by atoms with Crippen LogP contribution in [-0.2, 0) is 6.54 Å². The first-order valence-electron chi connectivity index (χ1n) is 6.28. The van der Waals surface area contributed by atoms with Gasteiger partial charge in [-0.15, -0.1) is 0 Å². The summed E-state index contributed by atoms with van der Waals surface area (Å²) < 4.78 is 1.45. The van der Waals surface area contributed by atoms with Gasteiger partial charge in [0.15, 0.2) is 0 Å². The van der Waals surface area contributed by atoms with Gasteiger partial charge in [0.2, 0.25) is 0 Å². The van der Waals surface area contributed by atoms with Gasteiger partial charge in [0.25, 0.3) is 5.56 Å². The van der Waals surface area contributed by atoms with Crippen molar-refractivity contribution in [3.8, 4) is 0 Å². The minimum Gasteiger partial charge on any atom is -0.394 e. The molecule has 1 aliphatic rings. The van der Waals surface area contributed by atoms with Gasteiger partial charge in [-0.25, -0.2) is 4.68 Å². The first kappa shape index (κ1) is 13.4. The molecular formula is C12H18ClN3O2. The predicted octanol–water partition coefficient (Wildman–Crippen LogP) is 1.49. The number of aromatic nitrogens is 2. The van der Waals surface area contributed by atoms with Crippen molar-refractivity contribution in [1.29, 1.82) is 0 Å². The summed E-state index contributed by atoms with van der Waals surface area (Å²) in [5.41, 5.74) is 0.134. The Morgan fingerprint density at radius 1 is 1.67 bits per heavy atom. The Hall–Kier alpha value is -1.07. The van der Waals surface area contributed by atoms with E-state index in [2.05, 4.69) is 10.4 Å². The fourth-order valence-electron chi connectivity index (χ4n) is 1.76.